The largest absolute Gasteiger partial charge is 0.497 e. The van der Waals surface area contributed by atoms with E-state index in [4.69, 9.17) is 9.72 Å². The summed E-state index contributed by atoms with van der Waals surface area (Å²) < 4.78 is 7.34. The molecule has 1 unspecified atom stereocenters. The number of aryl methyl sites for hydroxylation is 1. The highest BCUT2D eigenvalue weighted by molar-refractivity contribution is 7.09. The number of rotatable bonds is 5. The minimum absolute atomic E-state index is 0.0462. The van der Waals surface area contributed by atoms with Crippen LogP contribution in [0.15, 0.2) is 54.0 Å². The number of ether oxygens (including phenoxy) is 1. The Morgan fingerprint density at radius 3 is 3.00 bits per heavy atom. The van der Waals surface area contributed by atoms with E-state index < -0.39 is 0 Å². The molecular weight excluding hydrogens is 396 g/mol. The molecule has 5 rings (SSSR count). The molecule has 30 heavy (non-hydrogen) atoms. The van der Waals surface area contributed by atoms with Gasteiger partial charge >= 0.3 is 0 Å². The Kier molecular flexibility index (Phi) is 4.67. The van der Waals surface area contributed by atoms with Crippen LogP contribution in [0.25, 0.3) is 5.65 Å². The molecule has 1 aromatic carbocycles. The third kappa shape index (κ3) is 3.31. The molecule has 2 N–H and O–H groups in total. The second kappa shape index (κ2) is 7.50. The van der Waals surface area contributed by atoms with E-state index in [1.165, 1.54) is 4.88 Å². The zero-order valence-corrected chi connectivity index (χ0v) is 17.6. The summed E-state index contributed by atoms with van der Waals surface area (Å²) in [5.74, 6) is 1.19. The van der Waals surface area contributed by atoms with Crippen LogP contribution in [0.4, 0.5) is 11.5 Å². The van der Waals surface area contributed by atoms with Gasteiger partial charge in [0.25, 0.3) is 0 Å². The molecule has 4 aromatic rings. The second-order valence-corrected chi connectivity index (χ2v) is 8.51. The summed E-state index contributed by atoms with van der Waals surface area (Å²) in [6, 6.07) is 14.0. The first-order valence-corrected chi connectivity index (χ1v) is 10.7. The Morgan fingerprint density at radius 2 is 2.20 bits per heavy atom. The lowest BCUT2D eigenvalue weighted by Gasteiger charge is -2.25. The van der Waals surface area contributed by atoms with Crippen molar-refractivity contribution in [3.05, 3.63) is 75.7 Å². The van der Waals surface area contributed by atoms with E-state index in [9.17, 15) is 4.79 Å². The molecule has 6 nitrogen and oxygen atoms in total. The second-order valence-electron chi connectivity index (χ2n) is 7.48. The third-order valence-corrected chi connectivity index (χ3v) is 6.33. The van der Waals surface area contributed by atoms with Crippen molar-refractivity contribution in [2.75, 3.05) is 17.7 Å². The summed E-state index contributed by atoms with van der Waals surface area (Å²) in [5.41, 5.74) is 4.63. The average molecular weight is 419 g/mol. The quantitative estimate of drug-likeness (QED) is 0.497. The molecular formula is C23H22N4O2S. The van der Waals surface area contributed by atoms with Gasteiger partial charge in [-0.2, -0.15) is 0 Å². The van der Waals surface area contributed by atoms with Crippen LogP contribution >= 0.6 is 11.3 Å². The van der Waals surface area contributed by atoms with Gasteiger partial charge in [0.1, 0.15) is 17.2 Å². The number of carbonyl (C=O) groups excluding carboxylic acids is 1. The minimum Gasteiger partial charge on any atom is -0.497 e. The summed E-state index contributed by atoms with van der Waals surface area (Å²) in [6.45, 7) is 2.74. The zero-order valence-electron chi connectivity index (χ0n) is 16.8. The molecule has 0 bridgehead atoms. The van der Waals surface area contributed by atoms with Gasteiger partial charge in [-0.25, -0.2) is 4.98 Å². The first-order chi connectivity index (χ1) is 14.6. The number of benzene rings is 1. The molecule has 3 aromatic heterocycles. The van der Waals surface area contributed by atoms with Gasteiger partial charge in [0, 0.05) is 22.8 Å². The van der Waals surface area contributed by atoms with E-state index >= 15 is 0 Å². The van der Waals surface area contributed by atoms with Gasteiger partial charge < -0.3 is 15.4 Å². The van der Waals surface area contributed by atoms with Gasteiger partial charge in [-0.05, 0) is 48.1 Å². The fourth-order valence-corrected chi connectivity index (χ4v) is 4.55. The molecule has 152 valence electrons. The maximum Gasteiger partial charge on any atom is 0.234 e. The van der Waals surface area contributed by atoms with Gasteiger partial charge in [-0.3, -0.25) is 9.20 Å². The van der Waals surface area contributed by atoms with Crippen molar-refractivity contribution >= 4 is 34.4 Å². The summed E-state index contributed by atoms with van der Waals surface area (Å²) in [6.07, 6.45) is 2.66. The number of pyridine rings is 1. The average Bonchev–Trinajstić information content (AvgIpc) is 3.38. The van der Waals surface area contributed by atoms with Crippen molar-refractivity contribution in [3.63, 3.8) is 0 Å². The van der Waals surface area contributed by atoms with Crippen molar-refractivity contribution in [1.82, 2.24) is 9.38 Å². The molecule has 0 aliphatic carbocycles. The molecule has 1 amide bonds. The van der Waals surface area contributed by atoms with Gasteiger partial charge in [0.05, 0.1) is 25.3 Å². The highest BCUT2D eigenvalue weighted by Gasteiger charge is 2.32. The highest BCUT2D eigenvalue weighted by atomic mass is 32.1. The van der Waals surface area contributed by atoms with Crippen LogP contribution < -0.4 is 15.4 Å². The predicted octanol–water partition coefficient (Wildman–Crippen LogP) is 4.60. The predicted molar refractivity (Wildman–Crippen MR) is 120 cm³/mol. The number of carbonyl (C=O) groups is 1. The van der Waals surface area contributed by atoms with Crippen LogP contribution in [0, 0.1) is 6.92 Å². The molecule has 1 atom stereocenters. The van der Waals surface area contributed by atoms with Crippen LogP contribution in [0.2, 0.25) is 0 Å². The van der Waals surface area contributed by atoms with E-state index in [-0.39, 0.29) is 11.8 Å². The number of imidazole rings is 1. The number of nitrogens with one attached hydrogen (secondary N) is 2. The molecule has 1 aliphatic rings. The van der Waals surface area contributed by atoms with Crippen molar-refractivity contribution in [1.29, 1.82) is 0 Å². The number of hydrogen-bond acceptors (Lipinski definition) is 5. The molecule has 0 saturated heterocycles. The Labute approximate surface area is 178 Å². The number of anilines is 2. The van der Waals surface area contributed by atoms with Crippen LogP contribution in [-0.4, -0.2) is 22.4 Å². The maximum atomic E-state index is 13.1. The minimum atomic E-state index is -0.364. The summed E-state index contributed by atoms with van der Waals surface area (Å²) in [7, 11) is 1.62. The number of amides is 1. The van der Waals surface area contributed by atoms with Gasteiger partial charge in [-0.15, -0.1) is 11.3 Å². The molecule has 0 saturated carbocycles. The lowest BCUT2D eigenvalue weighted by Crippen LogP contribution is -2.29. The zero-order chi connectivity index (χ0) is 20.7. The number of methoxy groups -OCH3 is 1. The lowest BCUT2D eigenvalue weighted by atomic mass is 9.90. The highest BCUT2D eigenvalue weighted by Crippen LogP contribution is 2.36. The number of thiophene rings is 1. The summed E-state index contributed by atoms with van der Waals surface area (Å²) in [4.78, 5) is 19.1. The summed E-state index contributed by atoms with van der Waals surface area (Å²) in [5, 5.41) is 8.64. The van der Waals surface area contributed by atoms with E-state index in [0.717, 1.165) is 39.7 Å². The van der Waals surface area contributed by atoms with E-state index in [0.29, 0.717) is 13.0 Å². The Bertz CT molecular complexity index is 1230. The van der Waals surface area contributed by atoms with Gasteiger partial charge in [0.15, 0.2) is 0 Å². The van der Waals surface area contributed by atoms with E-state index in [2.05, 4.69) is 39.6 Å². The Hall–Kier alpha value is -3.32. The SMILES string of the molecule is COc1ccc2c(c1)NC(=O)C(c1nc3ccc(C)cn3c1NCc1cccs1)C2. The smallest absolute Gasteiger partial charge is 0.234 e. The topological polar surface area (TPSA) is 67.7 Å². The Balaban J connectivity index is 1.55. The van der Waals surface area contributed by atoms with E-state index in [1.54, 1.807) is 18.4 Å². The molecule has 4 heterocycles. The van der Waals surface area contributed by atoms with Crippen LogP contribution in [0.5, 0.6) is 5.75 Å². The summed E-state index contributed by atoms with van der Waals surface area (Å²) >= 11 is 1.71. The third-order valence-electron chi connectivity index (χ3n) is 5.45. The maximum absolute atomic E-state index is 13.1. The van der Waals surface area contributed by atoms with Crippen LogP contribution in [0.3, 0.4) is 0 Å². The molecule has 0 radical (unpaired) electrons. The number of fused-ring (bicyclic) bond motifs is 2. The van der Waals surface area contributed by atoms with Gasteiger partial charge in [0.2, 0.25) is 5.91 Å². The van der Waals surface area contributed by atoms with Crippen LogP contribution in [0.1, 0.15) is 27.6 Å². The number of aromatic nitrogens is 2. The number of nitrogens with zero attached hydrogens (tertiary/aromatic N) is 2. The standard InChI is InChI=1S/C23H22N4O2S/c1-14-5-8-20-26-21(22(27(20)13-14)24-12-17-4-3-9-30-17)18-10-15-6-7-16(29-2)11-19(15)25-23(18)28/h3-9,11,13,18,24H,10,12H2,1-2H3,(H,25,28). The van der Waals surface area contributed by atoms with Crippen molar-refractivity contribution in [2.45, 2.75) is 25.8 Å². The van der Waals surface area contributed by atoms with Gasteiger partial charge in [-0.1, -0.05) is 18.2 Å². The normalized spacial score (nSPS) is 15.7. The molecule has 7 heteroatoms. The van der Waals surface area contributed by atoms with Crippen molar-refractivity contribution < 1.29 is 9.53 Å². The monoisotopic (exact) mass is 418 g/mol. The number of hydrogen-bond donors (Lipinski definition) is 2. The molecule has 0 spiro atoms. The first-order valence-electron chi connectivity index (χ1n) is 9.85. The molecule has 0 fully saturated rings. The van der Waals surface area contributed by atoms with Crippen LogP contribution in [-0.2, 0) is 17.8 Å². The fraction of sp³-hybridized carbons (Fsp3) is 0.217. The first kappa shape index (κ1) is 18.7. The van der Waals surface area contributed by atoms with Crippen molar-refractivity contribution in [2.24, 2.45) is 0 Å². The Morgan fingerprint density at radius 1 is 1.30 bits per heavy atom. The molecule has 1 aliphatic heterocycles. The van der Waals surface area contributed by atoms with Crippen molar-refractivity contribution in [3.8, 4) is 5.75 Å². The lowest BCUT2D eigenvalue weighted by molar-refractivity contribution is -0.117. The fourth-order valence-electron chi connectivity index (χ4n) is 3.90. The van der Waals surface area contributed by atoms with E-state index in [1.807, 2.05) is 36.4 Å².